The summed E-state index contributed by atoms with van der Waals surface area (Å²) in [5.74, 6) is -0.660. The number of halogens is 3. The smallest absolute Gasteiger partial charge is 0.365 e. The van der Waals surface area contributed by atoms with Gasteiger partial charge in [-0.3, -0.25) is 58.6 Å². The zero-order valence-electron chi connectivity index (χ0n) is 39.3. The summed E-state index contributed by atoms with van der Waals surface area (Å²) in [5, 5.41) is 4.44. The van der Waals surface area contributed by atoms with Gasteiger partial charge in [0.2, 0.25) is 40.3 Å². The molecule has 69 heavy (non-hydrogen) atoms. The fraction of sp³-hybridized carbons (Fsp3) is 0.292. The first-order chi connectivity index (χ1) is 32.3. The molecule has 2 saturated heterocycles. The van der Waals surface area contributed by atoms with E-state index in [0.717, 1.165) is 34.1 Å². The summed E-state index contributed by atoms with van der Waals surface area (Å²) in [5.41, 5.74) is 2.71. The maximum absolute atomic E-state index is 12.0. The predicted octanol–water partition coefficient (Wildman–Crippen LogP) is 4.85. The molecular weight excluding hydrogens is 906 g/mol. The second-order valence-corrected chi connectivity index (χ2v) is 15.3. The number of imide groups is 2. The maximum atomic E-state index is 12.0. The molecule has 21 heteroatoms. The number of aromatic amines is 6. The lowest BCUT2D eigenvalue weighted by Gasteiger charge is -2.15. The molecule has 2 unspecified atom stereocenters. The van der Waals surface area contributed by atoms with Gasteiger partial charge >= 0.3 is 6.18 Å². The average molecular weight is 963 g/mol. The summed E-state index contributed by atoms with van der Waals surface area (Å²) < 4.78 is 35.9. The topological polar surface area (TPSA) is 289 Å². The van der Waals surface area contributed by atoms with Gasteiger partial charge in [0.15, 0.2) is 5.43 Å². The second kappa shape index (κ2) is 30.1. The Hall–Kier alpha value is -8.23. The van der Waals surface area contributed by atoms with Crippen molar-refractivity contribution < 1.29 is 32.3 Å². The van der Waals surface area contributed by atoms with Crippen molar-refractivity contribution in [3.63, 3.8) is 0 Å². The van der Waals surface area contributed by atoms with E-state index in [1.807, 2.05) is 46.8 Å². The number of hydrogen-bond acceptors (Lipinski definition) is 10. The number of H-pyrrole nitrogens is 6. The first-order valence-corrected chi connectivity index (χ1v) is 21.0. The van der Waals surface area contributed by atoms with Crippen LogP contribution in [0.3, 0.4) is 0 Å². The Morgan fingerprint density at radius 1 is 0.507 bits per heavy atom. The lowest BCUT2D eigenvalue weighted by atomic mass is 10.0. The summed E-state index contributed by atoms with van der Waals surface area (Å²) in [6.07, 6.45) is 3.56. The SMILES string of the molecule is CC1CC(=O)NC1=O.CC1CCC(=O)NC1=O.Cc1cc(=O)cc[nH]1.Cc1cc[nH]c(=O)c1.Cc1ccc(=O)[nH]c1.Cc1ccc(C(F)(F)F)c(=O)[nH]1.Cc1ccc[nH]c1=O.Cc1cccc(=O)[nH]1. The van der Waals surface area contributed by atoms with E-state index in [-0.39, 0.29) is 63.1 Å². The molecule has 370 valence electrons. The number of amides is 4. The van der Waals surface area contributed by atoms with Gasteiger partial charge in [-0.25, -0.2) is 0 Å². The zero-order chi connectivity index (χ0) is 52.3. The van der Waals surface area contributed by atoms with Gasteiger partial charge in [-0.1, -0.05) is 32.0 Å². The van der Waals surface area contributed by atoms with Crippen molar-refractivity contribution in [3.8, 4) is 0 Å². The van der Waals surface area contributed by atoms with Gasteiger partial charge in [0, 0.05) is 102 Å². The van der Waals surface area contributed by atoms with Gasteiger partial charge in [0.25, 0.3) is 11.1 Å². The van der Waals surface area contributed by atoms with Crippen LogP contribution in [0, 0.1) is 53.4 Å². The molecule has 2 fully saturated rings. The van der Waals surface area contributed by atoms with Crippen LogP contribution >= 0.6 is 0 Å². The molecule has 0 spiro atoms. The standard InChI is InChI=1S/C7H6F3NO.C6H9NO2.5C6H7NO.C5H7NO2/c1-4-2-3-5(6(12)11-4)7(8,9)10;1-4-2-3-5(8)7-6(4)9;1-5-4-6(8)2-3-7-5;1-5-2-3-7-6(8)4-5;1-5-2-3-6(8)7-4-5;1-5-3-2-4-7-6(5)8;1-5-3-2-4-6(8)7-5;1-3-2-4(7)6-5(3)8/h2-3H,1H3,(H,11,12);4H,2-3H2,1H3,(H,7,8,9);5*2-4H,1H3,(H,7,8);3H,2H2,1H3,(H,6,7,8). The zero-order valence-corrected chi connectivity index (χ0v) is 39.3. The van der Waals surface area contributed by atoms with Crippen molar-refractivity contribution in [1.82, 2.24) is 40.5 Å². The number of carbonyl (C=O) groups excluding carboxylic acids is 4. The molecule has 0 radical (unpaired) electrons. The van der Waals surface area contributed by atoms with Crippen molar-refractivity contribution in [2.45, 2.75) is 80.8 Å². The Morgan fingerprint density at radius 2 is 1.14 bits per heavy atom. The van der Waals surface area contributed by atoms with Crippen LogP contribution in [-0.2, 0) is 25.4 Å². The summed E-state index contributed by atoms with van der Waals surface area (Å²) in [6, 6.07) is 20.4. The largest absolute Gasteiger partial charge is 0.421 e. The highest BCUT2D eigenvalue weighted by Crippen LogP contribution is 2.25. The number of nitrogens with one attached hydrogen (secondary N) is 8. The van der Waals surface area contributed by atoms with Crippen LogP contribution in [0.2, 0.25) is 0 Å². The molecule has 4 amide bonds. The third kappa shape index (κ3) is 26.5. The van der Waals surface area contributed by atoms with Gasteiger partial charge in [-0.05, 0) is 89.4 Å². The number of rotatable bonds is 0. The Bertz CT molecular complexity index is 2810. The third-order valence-corrected chi connectivity index (χ3v) is 8.79. The van der Waals surface area contributed by atoms with Gasteiger partial charge < -0.3 is 29.9 Å². The third-order valence-electron chi connectivity index (χ3n) is 8.79. The highest BCUT2D eigenvalue weighted by Gasteiger charge is 2.33. The fourth-order valence-electron chi connectivity index (χ4n) is 4.94. The molecule has 6 aromatic rings. The average Bonchev–Trinajstić information content (AvgIpc) is 3.55. The molecule has 0 saturated carbocycles. The van der Waals surface area contributed by atoms with Crippen LogP contribution in [0.15, 0.2) is 132 Å². The number of hydrogen-bond donors (Lipinski definition) is 8. The van der Waals surface area contributed by atoms with E-state index in [9.17, 15) is 61.1 Å². The summed E-state index contributed by atoms with van der Waals surface area (Å²) >= 11 is 0. The molecule has 8 rings (SSSR count). The maximum Gasteiger partial charge on any atom is 0.421 e. The molecule has 18 nitrogen and oxygen atoms in total. The minimum absolute atomic E-state index is 0.00694. The van der Waals surface area contributed by atoms with Crippen LogP contribution in [0.5, 0.6) is 0 Å². The van der Waals surface area contributed by atoms with E-state index < -0.39 is 17.3 Å². The van der Waals surface area contributed by atoms with Gasteiger partial charge in [0.05, 0.1) is 0 Å². The molecule has 8 N–H and O–H groups in total. The van der Waals surface area contributed by atoms with Gasteiger partial charge in [-0.2, -0.15) is 13.2 Å². The van der Waals surface area contributed by atoms with Crippen molar-refractivity contribution in [3.05, 3.63) is 205 Å². The number of pyridine rings is 6. The van der Waals surface area contributed by atoms with Crippen molar-refractivity contribution in [2.24, 2.45) is 11.8 Å². The molecule has 0 bridgehead atoms. The van der Waals surface area contributed by atoms with E-state index in [1.54, 1.807) is 75.0 Å². The van der Waals surface area contributed by atoms with Crippen molar-refractivity contribution in [1.29, 1.82) is 0 Å². The number of piperidine rings is 1. The monoisotopic (exact) mass is 962 g/mol. The fourth-order valence-corrected chi connectivity index (χ4v) is 4.94. The second-order valence-electron chi connectivity index (χ2n) is 15.3. The first-order valence-electron chi connectivity index (χ1n) is 21.0. The van der Waals surface area contributed by atoms with Crippen LogP contribution in [-0.4, -0.2) is 53.5 Å². The van der Waals surface area contributed by atoms with Crippen molar-refractivity contribution >= 4 is 23.6 Å². The van der Waals surface area contributed by atoms with Crippen LogP contribution in [0.25, 0.3) is 0 Å². The summed E-state index contributed by atoms with van der Waals surface area (Å²) in [6.45, 7) is 14.4. The van der Waals surface area contributed by atoms with Crippen LogP contribution in [0.1, 0.15) is 72.4 Å². The Kier molecular flexibility index (Phi) is 25.7. The van der Waals surface area contributed by atoms with Crippen LogP contribution in [0.4, 0.5) is 13.2 Å². The number of alkyl halides is 3. The molecule has 2 aliphatic heterocycles. The van der Waals surface area contributed by atoms with Gasteiger partial charge in [0.1, 0.15) is 5.56 Å². The normalized spacial score (nSPS) is 14.2. The lowest BCUT2D eigenvalue weighted by molar-refractivity contribution is -0.139. The molecule has 2 atom stereocenters. The Balaban J connectivity index is 0.000000396. The quantitative estimate of drug-likeness (QED) is 0.0958. The van der Waals surface area contributed by atoms with Crippen LogP contribution < -0.4 is 43.9 Å². The van der Waals surface area contributed by atoms with Gasteiger partial charge in [-0.15, -0.1) is 0 Å². The van der Waals surface area contributed by atoms with E-state index in [1.165, 1.54) is 31.2 Å². The predicted molar refractivity (Wildman–Crippen MR) is 254 cm³/mol. The molecular formula is C48H57F3N8O10. The van der Waals surface area contributed by atoms with E-state index in [4.69, 9.17) is 0 Å². The number of aryl methyl sites for hydroxylation is 6. The molecule has 0 aliphatic carbocycles. The van der Waals surface area contributed by atoms with E-state index in [2.05, 4.69) is 40.5 Å². The first kappa shape index (κ1) is 58.8. The highest BCUT2D eigenvalue weighted by atomic mass is 19.4. The minimum atomic E-state index is -4.57. The van der Waals surface area contributed by atoms with E-state index in [0.29, 0.717) is 25.0 Å². The molecule has 6 aromatic heterocycles. The van der Waals surface area contributed by atoms with E-state index >= 15 is 0 Å². The Morgan fingerprint density at radius 3 is 1.51 bits per heavy atom. The highest BCUT2D eigenvalue weighted by molar-refractivity contribution is 6.03. The lowest BCUT2D eigenvalue weighted by Crippen LogP contribution is -2.39. The minimum Gasteiger partial charge on any atom is -0.365 e. The summed E-state index contributed by atoms with van der Waals surface area (Å²) in [7, 11) is 0. The molecule has 8 heterocycles. The number of carbonyl (C=O) groups is 4. The Labute approximate surface area is 393 Å². The molecule has 0 aromatic carbocycles. The van der Waals surface area contributed by atoms with Crippen molar-refractivity contribution in [2.75, 3.05) is 0 Å². The summed E-state index contributed by atoms with van der Waals surface area (Å²) in [4.78, 5) is 120. The number of aromatic nitrogens is 6. The molecule has 2 aliphatic rings.